The zero-order valence-corrected chi connectivity index (χ0v) is 16.6. The second kappa shape index (κ2) is 8.64. The Labute approximate surface area is 176 Å². The summed E-state index contributed by atoms with van der Waals surface area (Å²) in [5, 5.41) is 14.6. The normalized spacial score (nSPS) is 10.5. The highest BCUT2D eigenvalue weighted by Gasteiger charge is 2.14. The van der Waals surface area contributed by atoms with E-state index < -0.39 is 5.56 Å². The number of aromatic amines is 1. The highest BCUT2D eigenvalue weighted by atomic mass is 32.2. The van der Waals surface area contributed by atoms with Crippen molar-refractivity contribution in [3.8, 4) is 17.3 Å². The van der Waals surface area contributed by atoms with Crippen LogP contribution in [0.15, 0.2) is 82.7 Å². The molecule has 0 bridgehead atoms. The van der Waals surface area contributed by atoms with Crippen LogP contribution in [-0.2, 0) is 4.79 Å². The van der Waals surface area contributed by atoms with Gasteiger partial charge in [0.2, 0.25) is 5.91 Å². The Morgan fingerprint density at radius 2 is 1.77 bits per heavy atom. The van der Waals surface area contributed by atoms with E-state index in [9.17, 15) is 14.9 Å². The summed E-state index contributed by atoms with van der Waals surface area (Å²) in [6.07, 6.45) is 0. The number of thioether (sulfide) groups is 1. The van der Waals surface area contributed by atoms with Crippen molar-refractivity contribution in [2.45, 2.75) is 5.16 Å². The molecule has 30 heavy (non-hydrogen) atoms. The number of nitrogens with zero attached hydrogens (tertiary/aromatic N) is 2. The number of anilines is 1. The van der Waals surface area contributed by atoms with E-state index in [1.165, 1.54) is 0 Å². The van der Waals surface area contributed by atoms with Crippen molar-refractivity contribution in [3.63, 3.8) is 0 Å². The number of carbonyl (C=O) groups excluding carboxylic acids is 1. The van der Waals surface area contributed by atoms with Crippen molar-refractivity contribution >= 4 is 34.1 Å². The molecule has 0 aliphatic heterocycles. The van der Waals surface area contributed by atoms with Gasteiger partial charge in [-0.3, -0.25) is 9.59 Å². The predicted molar refractivity (Wildman–Crippen MR) is 118 cm³/mol. The van der Waals surface area contributed by atoms with E-state index in [1.807, 2.05) is 66.7 Å². The molecule has 0 radical (unpaired) electrons. The number of nitrogens with one attached hydrogen (secondary N) is 2. The van der Waals surface area contributed by atoms with Gasteiger partial charge in [-0.2, -0.15) is 5.26 Å². The molecule has 0 unspecified atom stereocenters. The third kappa shape index (κ3) is 4.24. The number of aromatic nitrogens is 2. The van der Waals surface area contributed by atoms with E-state index in [0.717, 1.165) is 22.5 Å². The molecule has 4 aromatic rings. The van der Waals surface area contributed by atoms with E-state index in [0.29, 0.717) is 16.9 Å². The van der Waals surface area contributed by atoms with Gasteiger partial charge in [0.05, 0.1) is 11.4 Å². The number of rotatable bonds is 5. The minimum Gasteiger partial charge on any atom is -0.325 e. The highest BCUT2D eigenvalue weighted by Crippen LogP contribution is 2.22. The maximum Gasteiger partial charge on any atom is 0.270 e. The number of hydrogen-bond donors (Lipinski definition) is 2. The van der Waals surface area contributed by atoms with Crippen molar-refractivity contribution in [1.82, 2.24) is 9.97 Å². The van der Waals surface area contributed by atoms with Gasteiger partial charge in [0, 0.05) is 11.3 Å². The Kier molecular flexibility index (Phi) is 5.59. The zero-order chi connectivity index (χ0) is 20.9. The lowest BCUT2D eigenvalue weighted by Crippen LogP contribution is -2.17. The van der Waals surface area contributed by atoms with Crippen LogP contribution in [0.2, 0.25) is 0 Å². The predicted octanol–water partition coefficient (Wildman–Crippen LogP) is 4.19. The minimum absolute atomic E-state index is 0.0498. The third-order valence-electron chi connectivity index (χ3n) is 4.43. The fourth-order valence-electron chi connectivity index (χ4n) is 3.03. The molecular formula is C23H16N4O2S. The Morgan fingerprint density at radius 1 is 1.03 bits per heavy atom. The Morgan fingerprint density at radius 3 is 2.53 bits per heavy atom. The van der Waals surface area contributed by atoms with Crippen LogP contribution in [0, 0.1) is 11.3 Å². The van der Waals surface area contributed by atoms with E-state index in [-0.39, 0.29) is 22.4 Å². The van der Waals surface area contributed by atoms with Crippen LogP contribution in [-0.4, -0.2) is 21.6 Å². The van der Waals surface area contributed by atoms with Crippen molar-refractivity contribution < 1.29 is 4.79 Å². The van der Waals surface area contributed by atoms with Crippen LogP contribution in [0.3, 0.4) is 0 Å². The summed E-state index contributed by atoms with van der Waals surface area (Å²) in [6.45, 7) is 0. The fraction of sp³-hybridized carbons (Fsp3) is 0.0435. The molecule has 0 atom stereocenters. The molecule has 3 aromatic carbocycles. The maximum absolute atomic E-state index is 12.4. The first kappa shape index (κ1) is 19.4. The second-order valence-corrected chi connectivity index (χ2v) is 7.44. The Bertz CT molecular complexity index is 1330. The molecule has 0 fully saturated rings. The van der Waals surface area contributed by atoms with Gasteiger partial charge in [-0.1, -0.05) is 72.4 Å². The summed E-state index contributed by atoms with van der Waals surface area (Å²) < 4.78 is 0. The van der Waals surface area contributed by atoms with E-state index in [1.54, 1.807) is 12.1 Å². The maximum atomic E-state index is 12.4. The molecule has 0 saturated heterocycles. The van der Waals surface area contributed by atoms with Crippen molar-refractivity contribution in [1.29, 1.82) is 5.26 Å². The van der Waals surface area contributed by atoms with E-state index in [2.05, 4.69) is 15.3 Å². The summed E-state index contributed by atoms with van der Waals surface area (Å²) in [5.41, 5.74) is 1.10. The zero-order valence-electron chi connectivity index (χ0n) is 15.8. The highest BCUT2D eigenvalue weighted by molar-refractivity contribution is 7.99. The molecule has 4 rings (SSSR count). The van der Waals surface area contributed by atoms with Crippen LogP contribution in [0.25, 0.3) is 22.0 Å². The van der Waals surface area contributed by atoms with Crippen LogP contribution < -0.4 is 10.9 Å². The van der Waals surface area contributed by atoms with Crippen LogP contribution >= 0.6 is 11.8 Å². The van der Waals surface area contributed by atoms with Crippen LogP contribution in [0.5, 0.6) is 0 Å². The molecule has 0 saturated carbocycles. The van der Waals surface area contributed by atoms with E-state index >= 15 is 0 Å². The number of H-pyrrole nitrogens is 1. The largest absolute Gasteiger partial charge is 0.325 e. The van der Waals surface area contributed by atoms with Gasteiger partial charge in [0.1, 0.15) is 11.6 Å². The SMILES string of the molecule is N#Cc1c(-c2ccccc2)nc(SCC(=O)Nc2ccc3ccccc3c2)[nH]c1=O. The van der Waals surface area contributed by atoms with Crippen molar-refractivity contribution in [2.24, 2.45) is 0 Å². The summed E-state index contributed by atoms with van der Waals surface area (Å²) >= 11 is 1.11. The lowest BCUT2D eigenvalue weighted by atomic mass is 10.1. The minimum atomic E-state index is -0.524. The topological polar surface area (TPSA) is 98.6 Å². The van der Waals surface area contributed by atoms with Crippen LogP contribution in [0.4, 0.5) is 5.69 Å². The van der Waals surface area contributed by atoms with Crippen LogP contribution in [0.1, 0.15) is 5.56 Å². The molecule has 1 amide bonds. The number of fused-ring (bicyclic) bond motifs is 1. The molecule has 0 aliphatic rings. The molecule has 146 valence electrons. The lowest BCUT2D eigenvalue weighted by molar-refractivity contribution is -0.113. The molecule has 0 aliphatic carbocycles. The summed E-state index contributed by atoms with van der Waals surface area (Å²) in [6, 6.07) is 24.5. The average Bonchev–Trinajstić information content (AvgIpc) is 2.78. The Hall–Kier alpha value is -3.89. The Balaban J connectivity index is 1.50. The average molecular weight is 412 g/mol. The van der Waals surface area contributed by atoms with Crippen molar-refractivity contribution in [2.75, 3.05) is 11.1 Å². The monoisotopic (exact) mass is 412 g/mol. The number of carbonyl (C=O) groups is 1. The van der Waals surface area contributed by atoms with Gasteiger partial charge in [-0.25, -0.2) is 4.98 Å². The van der Waals surface area contributed by atoms with Crippen molar-refractivity contribution in [3.05, 3.63) is 88.7 Å². The number of hydrogen-bond acceptors (Lipinski definition) is 5. The van der Waals surface area contributed by atoms with E-state index in [4.69, 9.17) is 0 Å². The molecule has 2 N–H and O–H groups in total. The lowest BCUT2D eigenvalue weighted by Gasteiger charge is -2.08. The number of benzene rings is 3. The number of amides is 1. The third-order valence-corrected chi connectivity index (χ3v) is 5.30. The van der Waals surface area contributed by atoms with Gasteiger partial charge < -0.3 is 10.3 Å². The second-order valence-electron chi connectivity index (χ2n) is 6.47. The van der Waals surface area contributed by atoms with Gasteiger partial charge >= 0.3 is 0 Å². The summed E-state index contributed by atoms with van der Waals surface area (Å²) in [5.74, 6) is -0.154. The standard InChI is InChI=1S/C23H16N4O2S/c24-13-19-21(16-7-2-1-3-8-16)26-23(27-22(19)29)30-14-20(28)25-18-11-10-15-6-4-5-9-17(15)12-18/h1-12H,14H2,(H,25,28)(H,26,27,29). The first-order valence-corrected chi connectivity index (χ1v) is 10.1. The fourth-order valence-corrected chi connectivity index (χ4v) is 3.69. The summed E-state index contributed by atoms with van der Waals surface area (Å²) in [4.78, 5) is 31.6. The molecule has 7 heteroatoms. The smallest absolute Gasteiger partial charge is 0.270 e. The van der Waals surface area contributed by atoms with Gasteiger partial charge in [0.15, 0.2) is 5.16 Å². The molecule has 0 spiro atoms. The molecule has 1 heterocycles. The first-order chi connectivity index (χ1) is 14.6. The first-order valence-electron chi connectivity index (χ1n) is 9.15. The van der Waals surface area contributed by atoms with Gasteiger partial charge in [0.25, 0.3) is 5.56 Å². The number of nitriles is 1. The quantitative estimate of drug-likeness (QED) is 0.378. The molecule has 1 aromatic heterocycles. The molecular weight excluding hydrogens is 396 g/mol. The summed E-state index contributed by atoms with van der Waals surface area (Å²) in [7, 11) is 0. The molecule has 6 nitrogen and oxygen atoms in total. The van der Waals surface area contributed by atoms with Gasteiger partial charge in [-0.05, 0) is 22.9 Å². The van der Waals surface area contributed by atoms with Gasteiger partial charge in [-0.15, -0.1) is 0 Å².